The van der Waals surface area contributed by atoms with Crippen molar-refractivity contribution in [3.05, 3.63) is 58.5 Å². The van der Waals surface area contributed by atoms with Gasteiger partial charge in [0.2, 0.25) is 0 Å². The maximum absolute atomic E-state index is 12.8. The summed E-state index contributed by atoms with van der Waals surface area (Å²) < 4.78 is 16.7. The van der Waals surface area contributed by atoms with E-state index in [9.17, 15) is 30.8 Å². The molecular weight excluding hydrogens is 542 g/mol. The summed E-state index contributed by atoms with van der Waals surface area (Å²) in [5.74, 6) is -0.606. The zero-order valence-electron chi connectivity index (χ0n) is 24.7. The second-order valence-corrected chi connectivity index (χ2v) is 10.8. The lowest BCUT2D eigenvalue weighted by Gasteiger charge is -2.40. The minimum absolute atomic E-state index is 0.329. The monoisotopic (exact) mass is 591 g/mol. The van der Waals surface area contributed by atoms with Crippen LogP contribution in [0.4, 0.5) is 0 Å². The van der Waals surface area contributed by atoms with Crippen LogP contribution in [0.25, 0.3) is 10.4 Å². The molecule has 11 heteroatoms. The predicted molar refractivity (Wildman–Crippen MR) is 159 cm³/mol. The number of nitrogens with zero attached hydrogens (tertiary/aromatic N) is 3. The summed E-state index contributed by atoms with van der Waals surface area (Å²) in [7, 11) is 0. The van der Waals surface area contributed by atoms with Crippen molar-refractivity contribution >= 4 is 5.97 Å². The summed E-state index contributed by atoms with van der Waals surface area (Å²) in [5, 5.41) is 43.5. The number of carbonyl (C=O) groups excluding carboxylic acids is 1. The number of benzene rings is 1. The average molecular weight is 592 g/mol. The molecule has 4 N–H and O–H groups in total. The molecule has 1 aromatic carbocycles. The second kappa shape index (κ2) is 21.2. The third-order valence-corrected chi connectivity index (χ3v) is 7.41. The number of hydrogen-bond acceptors (Lipinski definition) is 9. The van der Waals surface area contributed by atoms with Crippen LogP contribution in [0, 0.1) is 0 Å². The number of unbranched alkanes of at least 4 members (excludes halogenated alkanes) is 11. The van der Waals surface area contributed by atoms with Crippen molar-refractivity contribution in [1.29, 1.82) is 0 Å². The molecule has 0 saturated carbocycles. The maximum atomic E-state index is 12.8. The van der Waals surface area contributed by atoms with Gasteiger partial charge in [-0.3, -0.25) is 0 Å². The van der Waals surface area contributed by atoms with Crippen LogP contribution in [-0.4, -0.2) is 82.5 Å². The quantitative estimate of drug-likeness (QED) is 0.0387. The van der Waals surface area contributed by atoms with Crippen LogP contribution < -0.4 is 0 Å². The standard InChI is InChI=1S/C31H49N3O8/c1-2-3-4-5-6-7-8-9-10-11-12-13-17-20-25(41-30(39)23-18-15-14-16-19-23)24(33-34-32)22-40-31-29(38)28(37)27(36)26(21-35)42-31/h14-20,24-29,31,35-38H,2-13,21-22H2,1H3/t24-,25+,26+,27+,28-,29+,31+/m0/s1. The topological polar surface area (TPSA) is 174 Å². The number of azide groups is 1. The Morgan fingerprint density at radius 2 is 1.60 bits per heavy atom. The Hall–Kier alpha value is -2.50. The van der Waals surface area contributed by atoms with Crippen LogP contribution >= 0.6 is 0 Å². The first-order valence-electron chi connectivity index (χ1n) is 15.3. The van der Waals surface area contributed by atoms with E-state index in [1.807, 2.05) is 6.08 Å². The van der Waals surface area contributed by atoms with Gasteiger partial charge in [-0.1, -0.05) is 101 Å². The van der Waals surface area contributed by atoms with Crippen molar-refractivity contribution in [3.63, 3.8) is 0 Å². The molecule has 1 aliphatic rings. The van der Waals surface area contributed by atoms with Gasteiger partial charge in [0.25, 0.3) is 0 Å². The molecular formula is C31H49N3O8. The van der Waals surface area contributed by atoms with E-state index in [0.29, 0.717) is 5.56 Å². The molecule has 0 unspecified atom stereocenters. The number of esters is 1. The van der Waals surface area contributed by atoms with Crippen molar-refractivity contribution in [1.82, 2.24) is 0 Å². The first-order valence-corrected chi connectivity index (χ1v) is 15.3. The number of ether oxygens (including phenoxy) is 3. The fourth-order valence-electron chi connectivity index (χ4n) is 4.83. The van der Waals surface area contributed by atoms with Crippen LogP contribution in [0.3, 0.4) is 0 Å². The van der Waals surface area contributed by atoms with Crippen LogP contribution in [0.1, 0.15) is 94.3 Å². The maximum Gasteiger partial charge on any atom is 0.338 e. The van der Waals surface area contributed by atoms with E-state index in [2.05, 4.69) is 16.9 Å². The molecule has 42 heavy (non-hydrogen) atoms. The van der Waals surface area contributed by atoms with Crippen molar-refractivity contribution in [3.8, 4) is 0 Å². The fourth-order valence-corrected chi connectivity index (χ4v) is 4.83. The molecule has 1 aliphatic heterocycles. The van der Waals surface area contributed by atoms with E-state index in [-0.39, 0.29) is 6.61 Å². The average Bonchev–Trinajstić information content (AvgIpc) is 3.01. The predicted octanol–water partition coefficient (Wildman–Crippen LogP) is 4.96. The summed E-state index contributed by atoms with van der Waals surface area (Å²) in [6.45, 7) is 1.29. The molecule has 1 heterocycles. The largest absolute Gasteiger partial charge is 0.454 e. The molecule has 1 aromatic rings. The molecule has 7 atom stereocenters. The molecule has 0 bridgehead atoms. The highest BCUT2D eigenvalue weighted by atomic mass is 16.7. The Labute approximate surface area is 249 Å². The Bertz CT molecular complexity index is 941. The van der Waals surface area contributed by atoms with Gasteiger partial charge in [-0.05, 0) is 36.6 Å². The van der Waals surface area contributed by atoms with Crippen LogP contribution in [0.2, 0.25) is 0 Å². The normalized spacial score (nSPS) is 23.8. The van der Waals surface area contributed by atoms with E-state index in [0.717, 1.165) is 19.3 Å². The second-order valence-electron chi connectivity index (χ2n) is 10.8. The number of allylic oxidation sites excluding steroid dienone is 1. The highest BCUT2D eigenvalue weighted by Gasteiger charge is 2.44. The fraction of sp³-hybridized carbons (Fsp3) is 0.710. The molecule has 0 spiro atoms. The Kier molecular flexibility index (Phi) is 18.0. The highest BCUT2D eigenvalue weighted by molar-refractivity contribution is 5.89. The number of rotatable bonds is 21. The lowest BCUT2D eigenvalue weighted by atomic mass is 9.99. The lowest BCUT2D eigenvalue weighted by Crippen LogP contribution is -2.59. The zero-order valence-corrected chi connectivity index (χ0v) is 24.7. The molecule has 0 aliphatic carbocycles. The Morgan fingerprint density at radius 1 is 0.976 bits per heavy atom. The van der Waals surface area contributed by atoms with Crippen LogP contribution in [-0.2, 0) is 14.2 Å². The Morgan fingerprint density at radius 3 is 2.19 bits per heavy atom. The lowest BCUT2D eigenvalue weighted by molar-refractivity contribution is -0.302. The first kappa shape index (κ1) is 35.7. The number of aliphatic hydroxyl groups is 4. The third kappa shape index (κ3) is 12.8. The van der Waals surface area contributed by atoms with Gasteiger partial charge in [-0.2, -0.15) is 0 Å². The molecule has 236 valence electrons. The first-order chi connectivity index (χ1) is 20.4. The number of carbonyl (C=O) groups is 1. The highest BCUT2D eigenvalue weighted by Crippen LogP contribution is 2.23. The zero-order chi connectivity index (χ0) is 30.6. The minimum Gasteiger partial charge on any atom is -0.454 e. The summed E-state index contributed by atoms with van der Waals surface area (Å²) in [6.07, 6.45) is 9.63. The van der Waals surface area contributed by atoms with E-state index in [1.165, 1.54) is 57.8 Å². The van der Waals surface area contributed by atoms with Crippen molar-refractivity contribution in [2.24, 2.45) is 5.11 Å². The van der Waals surface area contributed by atoms with Crippen molar-refractivity contribution < 1.29 is 39.4 Å². The van der Waals surface area contributed by atoms with Crippen molar-refractivity contribution in [2.75, 3.05) is 13.2 Å². The summed E-state index contributed by atoms with van der Waals surface area (Å²) >= 11 is 0. The summed E-state index contributed by atoms with van der Waals surface area (Å²) in [5.41, 5.74) is 9.55. The molecule has 1 fully saturated rings. The van der Waals surface area contributed by atoms with E-state index in [4.69, 9.17) is 14.2 Å². The van der Waals surface area contributed by atoms with Crippen LogP contribution in [0.5, 0.6) is 0 Å². The van der Waals surface area contributed by atoms with Gasteiger partial charge in [0.05, 0.1) is 18.8 Å². The molecule has 1 saturated heterocycles. The summed E-state index contributed by atoms with van der Waals surface area (Å²) in [4.78, 5) is 15.7. The van der Waals surface area contributed by atoms with Gasteiger partial charge < -0.3 is 34.6 Å². The van der Waals surface area contributed by atoms with Gasteiger partial charge in [0, 0.05) is 4.91 Å². The van der Waals surface area contributed by atoms with Gasteiger partial charge in [0.1, 0.15) is 36.6 Å². The SMILES string of the molecule is CCCCCCCCCCCCCC=C[C@@H](OC(=O)c1ccccc1)[C@H](CO[C@@H]1O[C@H](CO)[C@@H](O)[C@H](O)[C@H]1O)N=[N+]=[N-]. The number of hydrogen-bond donors (Lipinski definition) is 4. The third-order valence-electron chi connectivity index (χ3n) is 7.41. The molecule has 2 rings (SSSR count). The molecule has 0 radical (unpaired) electrons. The van der Waals surface area contributed by atoms with Gasteiger partial charge >= 0.3 is 5.97 Å². The van der Waals surface area contributed by atoms with Gasteiger partial charge in [-0.25, -0.2) is 4.79 Å². The Balaban J connectivity index is 1.93. The molecule has 0 aromatic heterocycles. The van der Waals surface area contributed by atoms with Crippen LogP contribution in [0.15, 0.2) is 47.6 Å². The van der Waals surface area contributed by atoms with E-state index in [1.54, 1.807) is 36.4 Å². The molecule has 11 nitrogen and oxygen atoms in total. The van der Waals surface area contributed by atoms with Gasteiger partial charge in [0.15, 0.2) is 6.29 Å². The van der Waals surface area contributed by atoms with E-state index >= 15 is 0 Å². The number of aliphatic hydroxyl groups excluding tert-OH is 4. The van der Waals surface area contributed by atoms with Crippen molar-refractivity contribution in [2.45, 2.75) is 127 Å². The molecule has 0 amide bonds. The summed E-state index contributed by atoms with van der Waals surface area (Å²) in [6, 6.07) is 7.40. The van der Waals surface area contributed by atoms with Gasteiger partial charge in [-0.15, -0.1) is 0 Å². The smallest absolute Gasteiger partial charge is 0.338 e. The van der Waals surface area contributed by atoms with E-state index < -0.39 is 55.4 Å². The minimum atomic E-state index is -1.61.